The van der Waals surface area contributed by atoms with E-state index in [1.165, 1.54) is 11.4 Å². The highest BCUT2D eigenvalue weighted by molar-refractivity contribution is 7.89. The molecule has 1 saturated heterocycles. The Morgan fingerprint density at radius 3 is 2.83 bits per heavy atom. The van der Waals surface area contributed by atoms with Crippen LogP contribution < -0.4 is 5.73 Å². The number of ether oxygens (including phenoxy) is 1. The number of methoxy groups -OCH3 is 1. The van der Waals surface area contributed by atoms with Crippen molar-refractivity contribution < 1.29 is 17.9 Å². The van der Waals surface area contributed by atoms with Crippen LogP contribution in [0.1, 0.15) is 25.7 Å². The van der Waals surface area contributed by atoms with Crippen molar-refractivity contribution >= 4 is 16.0 Å². The number of sulfonamides is 1. The van der Waals surface area contributed by atoms with Crippen molar-refractivity contribution in [2.75, 3.05) is 32.5 Å². The van der Waals surface area contributed by atoms with E-state index in [1.807, 2.05) is 0 Å². The van der Waals surface area contributed by atoms with Crippen LogP contribution in [-0.4, -0.2) is 51.2 Å². The standard InChI is InChI=1S/C11H22N2O4S/c1-17-11(14)5-8-18(15,16)13-7-2-3-10(9-13)4-6-12/h10H,2-9,12H2,1H3. The lowest BCUT2D eigenvalue weighted by Gasteiger charge is -2.31. The van der Waals surface area contributed by atoms with E-state index < -0.39 is 16.0 Å². The van der Waals surface area contributed by atoms with Gasteiger partial charge >= 0.3 is 5.97 Å². The quantitative estimate of drug-likeness (QED) is 0.687. The Bertz CT molecular complexity index is 367. The predicted molar refractivity (Wildman–Crippen MR) is 68.4 cm³/mol. The first-order valence-corrected chi connectivity index (χ1v) is 7.85. The van der Waals surface area contributed by atoms with Crippen molar-refractivity contribution in [3.63, 3.8) is 0 Å². The maximum Gasteiger partial charge on any atom is 0.306 e. The third-order valence-electron chi connectivity index (χ3n) is 3.24. The van der Waals surface area contributed by atoms with E-state index in [9.17, 15) is 13.2 Å². The van der Waals surface area contributed by atoms with Crippen LogP contribution in [0.4, 0.5) is 0 Å². The summed E-state index contributed by atoms with van der Waals surface area (Å²) in [5.74, 6) is -0.319. The molecule has 1 rings (SSSR count). The summed E-state index contributed by atoms with van der Waals surface area (Å²) in [6, 6.07) is 0. The maximum absolute atomic E-state index is 12.0. The molecule has 0 aromatic carbocycles. The molecular formula is C11H22N2O4S. The Labute approximate surface area is 109 Å². The Kier molecular flexibility index (Phi) is 6.04. The molecule has 106 valence electrons. The molecule has 0 aromatic heterocycles. The van der Waals surface area contributed by atoms with E-state index in [-0.39, 0.29) is 12.2 Å². The molecule has 1 aliphatic heterocycles. The Hall–Kier alpha value is -0.660. The minimum Gasteiger partial charge on any atom is -0.469 e. The Morgan fingerprint density at radius 2 is 2.22 bits per heavy atom. The van der Waals surface area contributed by atoms with E-state index in [0.29, 0.717) is 25.6 Å². The van der Waals surface area contributed by atoms with Gasteiger partial charge in [0.2, 0.25) is 10.0 Å². The molecule has 0 spiro atoms. The number of piperidine rings is 1. The van der Waals surface area contributed by atoms with Gasteiger partial charge in [-0.15, -0.1) is 0 Å². The van der Waals surface area contributed by atoms with Crippen LogP contribution in [0.25, 0.3) is 0 Å². The highest BCUT2D eigenvalue weighted by Crippen LogP contribution is 2.21. The number of hydrogen-bond donors (Lipinski definition) is 1. The number of carbonyl (C=O) groups excluding carboxylic acids is 1. The zero-order chi connectivity index (χ0) is 13.6. The van der Waals surface area contributed by atoms with Gasteiger partial charge in [-0.25, -0.2) is 12.7 Å². The second-order valence-corrected chi connectivity index (χ2v) is 6.67. The summed E-state index contributed by atoms with van der Waals surface area (Å²) in [5, 5.41) is 0. The number of nitrogens with two attached hydrogens (primary N) is 1. The molecule has 0 aliphatic carbocycles. The van der Waals surface area contributed by atoms with E-state index >= 15 is 0 Å². The number of rotatable bonds is 6. The molecule has 0 bridgehead atoms. The number of carbonyl (C=O) groups is 1. The topological polar surface area (TPSA) is 89.7 Å². The molecule has 2 N–H and O–H groups in total. The summed E-state index contributed by atoms with van der Waals surface area (Å²) in [7, 11) is -2.09. The Morgan fingerprint density at radius 1 is 1.50 bits per heavy atom. The molecule has 1 fully saturated rings. The first-order chi connectivity index (χ1) is 8.49. The SMILES string of the molecule is COC(=O)CCS(=O)(=O)N1CCCC(CCN)C1. The van der Waals surface area contributed by atoms with Crippen molar-refractivity contribution in [3.05, 3.63) is 0 Å². The lowest BCUT2D eigenvalue weighted by atomic mass is 9.96. The zero-order valence-electron chi connectivity index (χ0n) is 10.8. The lowest BCUT2D eigenvalue weighted by Crippen LogP contribution is -2.41. The van der Waals surface area contributed by atoms with Crippen molar-refractivity contribution in [2.45, 2.75) is 25.7 Å². The largest absolute Gasteiger partial charge is 0.469 e. The predicted octanol–water partition coefficient (Wildman–Crippen LogP) is -0.0599. The van der Waals surface area contributed by atoms with Gasteiger partial charge < -0.3 is 10.5 Å². The van der Waals surface area contributed by atoms with Gasteiger partial charge in [0.1, 0.15) is 0 Å². The van der Waals surface area contributed by atoms with E-state index in [4.69, 9.17) is 5.73 Å². The van der Waals surface area contributed by atoms with Gasteiger partial charge in [-0.2, -0.15) is 0 Å². The lowest BCUT2D eigenvalue weighted by molar-refractivity contribution is -0.140. The molecule has 6 nitrogen and oxygen atoms in total. The van der Waals surface area contributed by atoms with Gasteiger partial charge in [0, 0.05) is 13.1 Å². The minimum atomic E-state index is -3.35. The molecule has 0 saturated carbocycles. The number of hydrogen-bond acceptors (Lipinski definition) is 5. The molecule has 0 aromatic rings. The fourth-order valence-electron chi connectivity index (χ4n) is 2.19. The molecule has 18 heavy (non-hydrogen) atoms. The van der Waals surface area contributed by atoms with Crippen molar-refractivity contribution in [1.82, 2.24) is 4.31 Å². The normalized spacial score (nSPS) is 21.8. The first-order valence-electron chi connectivity index (χ1n) is 6.24. The second kappa shape index (κ2) is 7.06. The number of nitrogens with zero attached hydrogens (tertiary/aromatic N) is 1. The fourth-order valence-corrected chi connectivity index (χ4v) is 3.72. The van der Waals surface area contributed by atoms with E-state index in [0.717, 1.165) is 19.3 Å². The summed E-state index contributed by atoms with van der Waals surface area (Å²) in [6.07, 6.45) is 2.66. The van der Waals surface area contributed by atoms with E-state index in [2.05, 4.69) is 4.74 Å². The third-order valence-corrected chi connectivity index (χ3v) is 5.08. The molecular weight excluding hydrogens is 256 g/mol. The van der Waals surface area contributed by atoms with Crippen molar-refractivity contribution in [3.8, 4) is 0 Å². The average molecular weight is 278 g/mol. The van der Waals surface area contributed by atoms with Crippen LogP contribution in [0, 0.1) is 5.92 Å². The van der Waals surface area contributed by atoms with Gasteiger partial charge in [-0.05, 0) is 31.7 Å². The average Bonchev–Trinajstić information content (AvgIpc) is 2.37. The summed E-state index contributed by atoms with van der Waals surface area (Å²) in [5.41, 5.74) is 5.50. The van der Waals surface area contributed by atoms with Gasteiger partial charge in [0.25, 0.3) is 0 Å². The highest BCUT2D eigenvalue weighted by atomic mass is 32.2. The van der Waals surface area contributed by atoms with E-state index in [1.54, 1.807) is 0 Å². The smallest absolute Gasteiger partial charge is 0.306 e. The molecule has 1 heterocycles. The zero-order valence-corrected chi connectivity index (χ0v) is 11.6. The van der Waals surface area contributed by atoms with Crippen LogP contribution in [0.15, 0.2) is 0 Å². The molecule has 0 amide bonds. The number of esters is 1. The third kappa shape index (κ3) is 4.55. The van der Waals surface area contributed by atoms with Crippen LogP contribution in [0.5, 0.6) is 0 Å². The first kappa shape index (κ1) is 15.4. The van der Waals surface area contributed by atoms with Gasteiger partial charge in [0.15, 0.2) is 0 Å². The van der Waals surface area contributed by atoms with Crippen LogP contribution in [-0.2, 0) is 19.6 Å². The fraction of sp³-hybridized carbons (Fsp3) is 0.909. The molecule has 1 atom stereocenters. The molecule has 1 aliphatic rings. The summed E-state index contributed by atoms with van der Waals surface area (Å²) in [4.78, 5) is 11.0. The van der Waals surface area contributed by atoms with Crippen LogP contribution in [0.3, 0.4) is 0 Å². The van der Waals surface area contributed by atoms with Gasteiger partial charge in [0.05, 0.1) is 19.3 Å². The maximum atomic E-state index is 12.0. The molecule has 7 heteroatoms. The van der Waals surface area contributed by atoms with Gasteiger partial charge in [-0.1, -0.05) is 0 Å². The van der Waals surface area contributed by atoms with Crippen molar-refractivity contribution in [1.29, 1.82) is 0 Å². The van der Waals surface area contributed by atoms with Crippen LogP contribution in [0.2, 0.25) is 0 Å². The summed E-state index contributed by atoms with van der Waals surface area (Å²) >= 11 is 0. The monoisotopic (exact) mass is 278 g/mol. The molecule has 0 radical (unpaired) electrons. The summed E-state index contributed by atoms with van der Waals surface area (Å²) in [6.45, 7) is 1.66. The molecule has 1 unspecified atom stereocenters. The van der Waals surface area contributed by atoms with Gasteiger partial charge in [-0.3, -0.25) is 4.79 Å². The van der Waals surface area contributed by atoms with Crippen LogP contribution >= 0.6 is 0 Å². The Balaban J connectivity index is 2.53. The summed E-state index contributed by atoms with van der Waals surface area (Å²) < 4.78 is 30.0. The van der Waals surface area contributed by atoms with Crippen molar-refractivity contribution in [2.24, 2.45) is 11.7 Å². The highest BCUT2D eigenvalue weighted by Gasteiger charge is 2.28. The second-order valence-electron chi connectivity index (χ2n) is 4.59. The minimum absolute atomic E-state index is 0.0864.